The van der Waals surface area contributed by atoms with Crippen LogP contribution in [0.15, 0.2) is 47.0 Å². The van der Waals surface area contributed by atoms with Crippen molar-refractivity contribution in [2.45, 2.75) is 70.3 Å². The summed E-state index contributed by atoms with van der Waals surface area (Å²) in [6.45, 7) is 2.18. The minimum atomic E-state index is -0.839. The Morgan fingerprint density at radius 2 is 1.93 bits per heavy atom. The topological polar surface area (TPSA) is 57.5 Å². The average molecular weight is 491 g/mol. The predicted octanol–water partition coefficient (Wildman–Crippen LogP) is 7.47. The zero-order chi connectivity index (χ0) is 21.5. The van der Waals surface area contributed by atoms with E-state index in [1.165, 1.54) is 34.2 Å². The van der Waals surface area contributed by atoms with E-state index in [0.29, 0.717) is 16.7 Å². The summed E-state index contributed by atoms with van der Waals surface area (Å²) in [5.74, 6) is 0.0852. The SMILES string of the molecule is CCCCCC(O)c1ccc([C@H]2C(Br)=CC[C@@H]2CCCc2ccc(C(=O)O)s2)cc1. The minimum absolute atomic E-state index is 0.370. The van der Waals surface area contributed by atoms with E-state index in [0.717, 1.165) is 49.0 Å². The summed E-state index contributed by atoms with van der Waals surface area (Å²) >= 11 is 5.16. The second-order valence-electron chi connectivity index (χ2n) is 8.20. The third kappa shape index (κ3) is 6.05. The van der Waals surface area contributed by atoms with Gasteiger partial charge in [-0.3, -0.25) is 0 Å². The van der Waals surface area contributed by atoms with E-state index in [1.54, 1.807) is 6.07 Å². The van der Waals surface area contributed by atoms with Gasteiger partial charge in [-0.1, -0.05) is 72.5 Å². The first-order chi connectivity index (χ1) is 14.5. The smallest absolute Gasteiger partial charge is 0.345 e. The molecule has 0 radical (unpaired) electrons. The monoisotopic (exact) mass is 490 g/mol. The summed E-state index contributed by atoms with van der Waals surface area (Å²) in [4.78, 5) is 12.6. The molecular formula is C25H31BrO3S. The van der Waals surface area contributed by atoms with Crippen molar-refractivity contribution in [2.24, 2.45) is 5.92 Å². The van der Waals surface area contributed by atoms with Crippen LogP contribution in [0.4, 0.5) is 0 Å². The van der Waals surface area contributed by atoms with Gasteiger partial charge in [-0.2, -0.15) is 0 Å². The molecule has 2 aromatic rings. The van der Waals surface area contributed by atoms with Gasteiger partial charge >= 0.3 is 5.97 Å². The molecule has 0 fully saturated rings. The third-order valence-corrected chi connectivity index (χ3v) is 7.97. The van der Waals surface area contributed by atoms with Crippen LogP contribution in [0.2, 0.25) is 0 Å². The number of rotatable bonds is 11. The number of halogens is 1. The van der Waals surface area contributed by atoms with Crippen LogP contribution in [0.1, 0.15) is 89.6 Å². The first-order valence-electron chi connectivity index (χ1n) is 10.9. The van der Waals surface area contributed by atoms with Crippen molar-refractivity contribution in [1.29, 1.82) is 0 Å². The van der Waals surface area contributed by atoms with Crippen LogP contribution in [-0.4, -0.2) is 16.2 Å². The standard InChI is InChI=1S/C25H31BrO3S/c1-2-3-4-8-22(27)17-9-11-19(12-10-17)24-18(13-15-21(24)26)6-5-7-20-14-16-23(30-20)25(28)29/h9-12,14-16,18,22,24,27H,2-8,13H2,1H3,(H,28,29)/t18-,22?,24-/m0/s1. The Kier molecular flexibility index (Phi) is 8.72. The maximum absolute atomic E-state index is 11.0. The molecule has 0 saturated heterocycles. The number of carboxylic acids is 1. The highest BCUT2D eigenvalue weighted by atomic mass is 79.9. The van der Waals surface area contributed by atoms with Crippen molar-refractivity contribution in [1.82, 2.24) is 0 Å². The number of allylic oxidation sites excluding steroid dienone is 2. The molecule has 0 saturated carbocycles. The van der Waals surface area contributed by atoms with E-state index in [4.69, 9.17) is 5.11 Å². The number of hydrogen-bond donors (Lipinski definition) is 2. The Labute approximate surface area is 192 Å². The lowest BCUT2D eigenvalue weighted by Gasteiger charge is -2.22. The summed E-state index contributed by atoms with van der Waals surface area (Å²) in [6, 6.07) is 12.2. The van der Waals surface area contributed by atoms with Crippen molar-refractivity contribution in [3.8, 4) is 0 Å². The maximum atomic E-state index is 11.0. The first kappa shape index (κ1) is 23.2. The third-order valence-electron chi connectivity index (χ3n) is 6.02. The molecule has 2 N–H and O–H groups in total. The van der Waals surface area contributed by atoms with E-state index in [1.807, 2.05) is 6.07 Å². The molecule has 1 aromatic heterocycles. The lowest BCUT2D eigenvalue weighted by Crippen LogP contribution is -2.09. The fourth-order valence-corrected chi connectivity index (χ4v) is 6.03. The number of carboxylic acid groups (broad SMARTS) is 1. The molecule has 162 valence electrons. The zero-order valence-electron chi connectivity index (χ0n) is 17.5. The maximum Gasteiger partial charge on any atom is 0.345 e. The number of carbonyl (C=O) groups is 1. The van der Waals surface area contributed by atoms with Crippen molar-refractivity contribution in [3.63, 3.8) is 0 Å². The van der Waals surface area contributed by atoms with Crippen LogP contribution in [0.25, 0.3) is 0 Å². The quantitative estimate of drug-likeness (QED) is 0.321. The molecule has 3 atom stereocenters. The van der Waals surface area contributed by atoms with Gasteiger partial charge in [0.1, 0.15) is 4.88 Å². The highest BCUT2D eigenvalue weighted by Gasteiger charge is 2.29. The summed E-state index contributed by atoms with van der Waals surface area (Å²) in [5, 5.41) is 19.5. The van der Waals surface area contributed by atoms with Gasteiger partial charge in [-0.05, 0) is 65.8 Å². The zero-order valence-corrected chi connectivity index (χ0v) is 19.9. The molecule has 0 spiro atoms. The predicted molar refractivity (Wildman–Crippen MR) is 128 cm³/mol. The van der Waals surface area contributed by atoms with E-state index >= 15 is 0 Å². The molecule has 1 unspecified atom stereocenters. The lowest BCUT2D eigenvalue weighted by atomic mass is 9.84. The molecular weight excluding hydrogens is 460 g/mol. The van der Waals surface area contributed by atoms with Crippen molar-refractivity contribution >= 4 is 33.2 Å². The molecule has 0 amide bonds. The van der Waals surface area contributed by atoms with Crippen LogP contribution in [0.5, 0.6) is 0 Å². The number of aromatic carboxylic acids is 1. The van der Waals surface area contributed by atoms with Gasteiger partial charge in [-0.15, -0.1) is 11.3 Å². The largest absolute Gasteiger partial charge is 0.477 e. The molecule has 0 bridgehead atoms. The summed E-state index contributed by atoms with van der Waals surface area (Å²) in [5.41, 5.74) is 2.31. The van der Waals surface area contributed by atoms with Crippen LogP contribution in [0, 0.1) is 5.92 Å². The number of aliphatic hydroxyl groups is 1. The number of aryl methyl sites for hydroxylation is 1. The minimum Gasteiger partial charge on any atom is -0.477 e. The van der Waals surface area contributed by atoms with Gasteiger partial charge in [0.2, 0.25) is 0 Å². The van der Waals surface area contributed by atoms with Crippen molar-refractivity contribution < 1.29 is 15.0 Å². The van der Waals surface area contributed by atoms with Crippen molar-refractivity contribution in [2.75, 3.05) is 0 Å². The highest BCUT2D eigenvalue weighted by molar-refractivity contribution is 9.11. The fourth-order valence-electron chi connectivity index (χ4n) is 4.31. The van der Waals surface area contributed by atoms with Crippen LogP contribution in [-0.2, 0) is 6.42 Å². The molecule has 3 rings (SSSR count). The molecule has 0 aliphatic heterocycles. The van der Waals surface area contributed by atoms with E-state index in [9.17, 15) is 9.90 Å². The van der Waals surface area contributed by atoms with Crippen LogP contribution < -0.4 is 0 Å². The van der Waals surface area contributed by atoms with E-state index in [-0.39, 0.29) is 6.10 Å². The van der Waals surface area contributed by atoms with Gasteiger partial charge in [0, 0.05) is 10.8 Å². The van der Waals surface area contributed by atoms with Gasteiger partial charge in [0.25, 0.3) is 0 Å². The second kappa shape index (κ2) is 11.3. The van der Waals surface area contributed by atoms with Crippen LogP contribution in [0.3, 0.4) is 0 Å². The van der Waals surface area contributed by atoms with Gasteiger partial charge in [0.15, 0.2) is 0 Å². The number of hydrogen-bond acceptors (Lipinski definition) is 3. The molecule has 3 nitrogen and oxygen atoms in total. The molecule has 1 aliphatic carbocycles. The van der Waals surface area contributed by atoms with Gasteiger partial charge in [0.05, 0.1) is 6.10 Å². The number of aliphatic hydroxyl groups excluding tert-OH is 1. The summed E-state index contributed by atoms with van der Waals surface area (Å²) in [7, 11) is 0. The van der Waals surface area contributed by atoms with Gasteiger partial charge in [-0.25, -0.2) is 4.79 Å². The Bertz CT molecular complexity index is 856. The molecule has 1 heterocycles. The second-order valence-corrected chi connectivity index (χ2v) is 10.3. The Hall–Kier alpha value is -1.43. The number of thiophene rings is 1. The van der Waals surface area contributed by atoms with Crippen LogP contribution >= 0.6 is 27.3 Å². The molecule has 5 heteroatoms. The van der Waals surface area contributed by atoms with E-state index in [2.05, 4.69) is 53.2 Å². The number of unbranched alkanes of at least 4 members (excludes halogenated alkanes) is 2. The van der Waals surface area contributed by atoms with E-state index < -0.39 is 5.97 Å². The summed E-state index contributed by atoms with van der Waals surface area (Å²) in [6.07, 6.45) is 10.3. The normalized spacial score (nSPS) is 19.6. The number of benzene rings is 1. The molecule has 30 heavy (non-hydrogen) atoms. The Balaban J connectivity index is 1.56. The Morgan fingerprint density at radius 3 is 2.60 bits per heavy atom. The van der Waals surface area contributed by atoms with Crippen molar-refractivity contribution in [3.05, 3.63) is 67.8 Å². The summed E-state index contributed by atoms with van der Waals surface area (Å²) < 4.78 is 1.26. The average Bonchev–Trinajstić information content (AvgIpc) is 3.35. The van der Waals surface area contributed by atoms with Gasteiger partial charge < -0.3 is 10.2 Å². The lowest BCUT2D eigenvalue weighted by molar-refractivity contribution is 0.0702. The molecule has 1 aromatic carbocycles. The molecule has 1 aliphatic rings. The fraction of sp³-hybridized carbons (Fsp3) is 0.480. The Morgan fingerprint density at radius 1 is 1.17 bits per heavy atom. The first-order valence-corrected chi connectivity index (χ1v) is 12.6. The highest BCUT2D eigenvalue weighted by Crippen LogP contribution is 2.45.